The summed E-state index contributed by atoms with van der Waals surface area (Å²) >= 11 is 0. The Morgan fingerprint density at radius 1 is 1.32 bits per heavy atom. The molecule has 0 bridgehead atoms. The van der Waals surface area contributed by atoms with Gasteiger partial charge < -0.3 is 9.67 Å². The first-order chi connectivity index (χ1) is 9.07. The van der Waals surface area contributed by atoms with E-state index in [4.69, 9.17) is 0 Å². The van der Waals surface area contributed by atoms with E-state index in [1.54, 1.807) is 23.3 Å². The van der Waals surface area contributed by atoms with E-state index < -0.39 is 11.5 Å². The molecule has 98 valence electrons. The minimum atomic E-state index is -0.846. The quantitative estimate of drug-likeness (QED) is 0.917. The predicted octanol–water partition coefficient (Wildman–Crippen LogP) is 2.41. The Morgan fingerprint density at radius 3 is 2.53 bits per heavy atom. The van der Waals surface area contributed by atoms with Crippen LogP contribution in [0.1, 0.15) is 25.3 Å². The molecule has 1 aromatic heterocycles. The van der Waals surface area contributed by atoms with Crippen molar-refractivity contribution in [2.24, 2.45) is 0 Å². The average Bonchev–Trinajstić information content (AvgIpc) is 2.89. The van der Waals surface area contributed by atoms with Gasteiger partial charge in [-0.05, 0) is 23.8 Å². The first-order valence-electron chi connectivity index (χ1n) is 6.34. The van der Waals surface area contributed by atoms with E-state index in [1.807, 2.05) is 18.2 Å². The third-order valence-corrected chi connectivity index (χ3v) is 4.23. The van der Waals surface area contributed by atoms with E-state index in [2.05, 4.69) is 24.0 Å². The molecular weight excluding hydrogens is 240 g/mol. The minimum Gasteiger partial charge on any atom is -0.479 e. The van der Waals surface area contributed by atoms with Gasteiger partial charge in [0.25, 0.3) is 0 Å². The minimum absolute atomic E-state index is 0.0794. The van der Waals surface area contributed by atoms with Gasteiger partial charge in [-0.3, -0.25) is 0 Å². The molecule has 0 radical (unpaired) electrons. The molecule has 3 rings (SSSR count). The molecule has 0 unspecified atom stereocenters. The fourth-order valence-electron chi connectivity index (χ4n) is 3.24. The molecule has 1 saturated carbocycles. The topological polar surface area (TPSA) is 55.1 Å². The number of carboxylic acid groups (broad SMARTS) is 1. The van der Waals surface area contributed by atoms with Crippen LogP contribution in [0.25, 0.3) is 0 Å². The summed E-state index contributed by atoms with van der Waals surface area (Å²) in [6.07, 6.45) is 6.14. The molecular formula is C15H16N2O2. The van der Waals surface area contributed by atoms with Gasteiger partial charge in [-0.2, -0.15) is 0 Å². The van der Waals surface area contributed by atoms with Gasteiger partial charge in [0.05, 0.1) is 6.33 Å². The third-order valence-electron chi connectivity index (χ3n) is 4.23. The molecule has 1 aliphatic rings. The number of benzene rings is 1. The molecule has 4 nitrogen and oxygen atoms in total. The zero-order valence-electron chi connectivity index (χ0n) is 10.8. The lowest BCUT2D eigenvalue weighted by atomic mass is 9.55. The van der Waals surface area contributed by atoms with Gasteiger partial charge in [-0.15, -0.1) is 0 Å². The van der Waals surface area contributed by atoms with Crippen molar-refractivity contribution in [2.45, 2.75) is 30.7 Å². The SMILES string of the molecule is CC1(c2ccccc2)CC(C(=O)O)(n2ccnc2)C1. The number of aromatic nitrogens is 2. The smallest absolute Gasteiger partial charge is 0.329 e. The Kier molecular flexibility index (Phi) is 2.49. The maximum Gasteiger partial charge on any atom is 0.329 e. The molecule has 1 aromatic carbocycles. The second-order valence-corrected chi connectivity index (χ2v) is 5.59. The second-order valence-electron chi connectivity index (χ2n) is 5.59. The predicted molar refractivity (Wildman–Crippen MR) is 70.9 cm³/mol. The van der Waals surface area contributed by atoms with Crippen molar-refractivity contribution in [3.63, 3.8) is 0 Å². The van der Waals surface area contributed by atoms with Crippen LogP contribution in [0, 0.1) is 0 Å². The van der Waals surface area contributed by atoms with Crippen LogP contribution < -0.4 is 0 Å². The van der Waals surface area contributed by atoms with Gasteiger partial charge in [0, 0.05) is 12.4 Å². The van der Waals surface area contributed by atoms with Crippen LogP contribution in [0.5, 0.6) is 0 Å². The Morgan fingerprint density at radius 2 is 2.00 bits per heavy atom. The van der Waals surface area contributed by atoms with Crippen molar-refractivity contribution in [2.75, 3.05) is 0 Å². The number of nitrogens with zero attached hydrogens (tertiary/aromatic N) is 2. The molecule has 0 aliphatic heterocycles. The van der Waals surface area contributed by atoms with E-state index in [9.17, 15) is 9.90 Å². The molecule has 1 heterocycles. The summed E-state index contributed by atoms with van der Waals surface area (Å²) in [7, 11) is 0. The molecule has 1 aliphatic carbocycles. The van der Waals surface area contributed by atoms with Crippen molar-refractivity contribution >= 4 is 5.97 Å². The normalized spacial score (nSPS) is 29.7. The number of aliphatic carboxylic acids is 1. The fraction of sp³-hybridized carbons (Fsp3) is 0.333. The van der Waals surface area contributed by atoms with Crippen molar-refractivity contribution < 1.29 is 9.90 Å². The molecule has 2 aromatic rings. The van der Waals surface area contributed by atoms with Crippen molar-refractivity contribution in [1.82, 2.24) is 9.55 Å². The first kappa shape index (κ1) is 12.0. The van der Waals surface area contributed by atoms with Gasteiger partial charge in [-0.25, -0.2) is 9.78 Å². The van der Waals surface area contributed by atoms with Crippen LogP contribution in [-0.2, 0) is 15.7 Å². The molecule has 0 atom stereocenters. The summed E-state index contributed by atoms with van der Waals surface area (Å²) in [5.74, 6) is -0.779. The summed E-state index contributed by atoms with van der Waals surface area (Å²) < 4.78 is 1.72. The van der Waals surface area contributed by atoms with E-state index in [-0.39, 0.29) is 5.41 Å². The number of rotatable bonds is 3. The Hall–Kier alpha value is -2.10. The number of hydrogen-bond acceptors (Lipinski definition) is 2. The largest absolute Gasteiger partial charge is 0.479 e. The van der Waals surface area contributed by atoms with E-state index in [0.717, 1.165) is 0 Å². The number of hydrogen-bond donors (Lipinski definition) is 1. The van der Waals surface area contributed by atoms with Crippen LogP contribution in [0.2, 0.25) is 0 Å². The Balaban J connectivity index is 1.93. The molecule has 0 spiro atoms. The Bertz CT molecular complexity index is 584. The van der Waals surface area contributed by atoms with Crippen LogP contribution in [0.15, 0.2) is 49.1 Å². The zero-order valence-corrected chi connectivity index (χ0v) is 10.8. The van der Waals surface area contributed by atoms with Crippen LogP contribution in [0.3, 0.4) is 0 Å². The molecule has 19 heavy (non-hydrogen) atoms. The summed E-state index contributed by atoms with van der Waals surface area (Å²) in [6.45, 7) is 2.13. The highest BCUT2D eigenvalue weighted by molar-refractivity contribution is 5.79. The monoisotopic (exact) mass is 256 g/mol. The van der Waals surface area contributed by atoms with Gasteiger partial charge in [0.1, 0.15) is 5.54 Å². The summed E-state index contributed by atoms with van der Waals surface area (Å²) in [5, 5.41) is 9.59. The number of carboxylic acids is 1. The lowest BCUT2D eigenvalue weighted by Gasteiger charge is -2.52. The molecule has 1 fully saturated rings. The lowest BCUT2D eigenvalue weighted by molar-refractivity contribution is -0.157. The average molecular weight is 256 g/mol. The maximum absolute atomic E-state index is 11.7. The van der Waals surface area contributed by atoms with Crippen LogP contribution in [0.4, 0.5) is 0 Å². The zero-order chi connectivity index (χ0) is 13.5. The molecule has 1 N–H and O–H groups in total. The van der Waals surface area contributed by atoms with E-state index in [1.165, 1.54) is 5.56 Å². The van der Waals surface area contributed by atoms with Gasteiger partial charge in [-0.1, -0.05) is 37.3 Å². The van der Waals surface area contributed by atoms with Gasteiger partial charge in [0.2, 0.25) is 0 Å². The van der Waals surface area contributed by atoms with Crippen molar-refractivity contribution in [3.8, 4) is 0 Å². The fourth-order valence-corrected chi connectivity index (χ4v) is 3.24. The highest BCUT2D eigenvalue weighted by Crippen LogP contribution is 2.54. The van der Waals surface area contributed by atoms with Crippen LogP contribution >= 0.6 is 0 Å². The highest BCUT2D eigenvalue weighted by atomic mass is 16.4. The molecule has 0 saturated heterocycles. The maximum atomic E-state index is 11.7. The molecule has 4 heteroatoms. The van der Waals surface area contributed by atoms with Gasteiger partial charge >= 0.3 is 5.97 Å². The van der Waals surface area contributed by atoms with Crippen molar-refractivity contribution in [3.05, 3.63) is 54.6 Å². The number of imidazole rings is 1. The van der Waals surface area contributed by atoms with E-state index >= 15 is 0 Å². The molecule has 0 amide bonds. The van der Waals surface area contributed by atoms with Crippen LogP contribution in [-0.4, -0.2) is 20.6 Å². The summed E-state index contributed by atoms with van der Waals surface area (Å²) in [6, 6.07) is 10.1. The summed E-state index contributed by atoms with van der Waals surface area (Å²) in [5.41, 5.74) is 0.275. The number of carbonyl (C=O) groups is 1. The first-order valence-corrected chi connectivity index (χ1v) is 6.34. The standard InChI is InChI=1S/C15H16N2O2/c1-14(12-5-3-2-4-6-12)9-15(10-14,13(18)19)17-8-7-16-11-17/h2-8,11H,9-10H2,1H3,(H,18,19). The third kappa shape index (κ3) is 1.67. The lowest BCUT2D eigenvalue weighted by Crippen LogP contribution is -2.58. The van der Waals surface area contributed by atoms with E-state index in [0.29, 0.717) is 12.8 Å². The van der Waals surface area contributed by atoms with Crippen molar-refractivity contribution in [1.29, 1.82) is 0 Å². The second kappa shape index (κ2) is 3.95. The Labute approximate surface area is 111 Å². The summed E-state index contributed by atoms with van der Waals surface area (Å²) in [4.78, 5) is 15.6. The highest BCUT2D eigenvalue weighted by Gasteiger charge is 2.58. The van der Waals surface area contributed by atoms with Gasteiger partial charge in [0.15, 0.2) is 0 Å².